The molecule has 0 rings (SSSR count). The molecule has 0 saturated carbocycles. The normalized spacial score (nSPS) is 12.8. The van der Waals surface area contributed by atoms with Crippen LogP contribution in [0.15, 0.2) is 12.2 Å². The van der Waals surface area contributed by atoms with E-state index in [9.17, 15) is 19.8 Å². The fourth-order valence-electron chi connectivity index (χ4n) is 6.98. The zero-order chi connectivity index (χ0) is 38.0. The third-order valence-corrected chi connectivity index (χ3v) is 10.6. The van der Waals surface area contributed by atoms with Crippen molar-refractivity contribution in [1.82, 2.24) is 5.32 Å². The summed E-state index contributed by atoms with van der Waals surface area (Å²) in [4.78, 5) is 24.4. The standard InChI is InChI=1S/C46H89NO5/c1-3-5-7-9-11-13-15-17-19-24-28-32-36-40-46(51)52-41-37-33-29-25-21-20-23-27-31-35-39-45(50)47-43(42-48)44(49)38-34-30-26-22-18-16-14-12-10-8-6-4-2/h13,15,43-44,48-49H,3-12,14,16-42H2,1-2H3,(H,47,50)/b15-13-. The van der Waals surface area contributed by atoms with Crippen LogP contribution in [-0.4, -0.2) is 47.4 Å². The van der Waals surface area contributed by atoms with Crippen LogP contribution < -0.4 is 5.32 Å². The number of esters is 1. The Bertz CT molecular complexity index is 772. The first-order valence-corrected chi connectivity index (χ1v) is 22.9. The molecule has 0 aliphatic rings. The zero-order valence-corrected chi connectivity index (χ0v) is 34.8. The Balaban J connectivity index is 3.49. The van der Waals surface area contributed by atoms with E-state index in [1.807, 2.05) is 0 Å². The van der Waals surface area contributed by atoms with Crippen molar-refractivity contribution in [2.75, 3.05) is 13.2 Å². The molecule has 0 spiro atoms. The van der Waals surface area contributed by atoms with Crippen molar-refractivity contribution >= 4 is 11.9 Å². The zero-order valence-electron chi connectivity index (χ0n) is 34.8. The van der Waals surface area contributed by atoms with Crippen molar-refractivity contribution in [3.05, 3.63) is 12.2 Å². The van der Waals surface area contributed by atoms with E-state index in [0.717, 1.165) is 57.8 Å². The average Bonchev–Trinajstić information content (AvgIpc) is 3.14. The van der Waals surface area contributed by atoms with Gasteiger partial charge in [-0.25, -0.2) is 0 Å². The van der Waals surface area contributed by atoms with E-state index in [0.29, 0.717) is 25.9 Å². The van der Waals surface area contributed by atoms with E-state index in [-0.39, 0.29) is 18.5 Å². The maximum Gasteiger partial charge on any atom is 0.305 e. The number of rotatable bonds is 42. The summed E-state index contributed by atoms with van der Waals surface area (Å²) in [6, 6.07) is -0.556. The summed E-state index contributed by atoms with van der Waals surface area (Å²) in [7, 11) is 0. The number of hydrogen-bond donors (Lipinski definition) is 3. The molecule has 52 heavy (non-hydrogen) atoms. The molecule has 2 unspecified atom stereocenters. The number of carbonyl (C=O) groups excluding carboxylic acids is 2. The van der Waals surface area contributed by atoms with Crippen LogP contribution in [0.5, 0.6) is 0 Å². The SMILES string of the molecule is CCCCCC/C=C\CCCCCCCC(=O)OCCCCCCCCCCCCC(=O)NC(CO)C(O)CCCCCCCCCCCCCC. The minimum atomic E-state index is -0.677. The minimum absolute atomic E-state index is 0.0284. The second-order valence-electron chi connectivity index (χ2n) is 15.7. The lowest BCUT2D eigenvalue weighted by atomic mass is 10.0. The van der Waals surface area contributed by atoms with Crippen LogP contribution in [0.3, 0.4) is 0 Å². The minimum Gasteiger partial charge on any atom is -0.466 e. The van der Waals surface area contributed by atoms with Gasteiger partial charge in [-0.2, -0.15) is 0 Å². The second-order valence-corrected chi connectivity index (χ2v) is 15.7. The predicted octanol–water partition coefficient (Wildman–Crippen LogP) is 13.0. The van der Waals surface area contributed by atoms with E-state index < -0.39 is 12.1 Å². The highest BCUT2D eigenvalue weighted by Crippen LogP contribution is 2.15. The molecule has 3 N–H and O–H groups in total. The lowest BCUT2D eigenvalue weighted by molar-refractivity contribution is -0.143. The topological polar surface area (TPSA) is 95.9 Å². The van der Waals surface area contributed by atoms with Crippen LogP contribution in [-0.2, 0) is 14.3 Å². The summed E-state index contributed by atoms with van der Waals surface area (Å²) in [5.74, 6) is -0.0876. The molecule has 0 heterocycles. The van der Waals surface area contributed by atoms with Gasteiger partial charge in [0.15, 0.2) is 0 Å². The van der Waals surface area contributed by atoms with Crippen LogP contribution >= 0.6 is 0 Å². The fraction of sp³-hybridized carbons (Fsp3) is 0.913. The highest BCUT2D eigenvalue weighted by atomic mass is 16.5. The summed E-state index contributed by atoms with van der Waals surface area (Å²) in [6.07, 6.45) is 45.9. The molecule has 0 aromatic heterocycles. The molecule has 308 valence electrons. The molecule has 0 bridgehead atoms. The Hall–Kier alpha value is -1.40. The van der Waals surface area contributed by atoms with Gasteiger partial charge in [0.2, 0.25) is 5.91 Å². The largest absolute Gasteiger partial charge is 0.466 e. The number of aliphatic hydroxyl groups excluding tert-OH is 2. The van der Waals surface area contributed by atoms with Gasteiger partial charge >= 0.3 is 5.97 Å². The summed E-state index contributed by atoms with van der Waals surface area (Å²) in [5.41, 5.74) is 0. The molecule has 0 radical (unpaired) electrons. The molecule has 0 fully saturated rings. The third kappa shape index (κ3) is 38.3. The Morgan fingerprint density at radius 2 is 0.904 bits per heavy atom. The summed E-state index contributed by atoms with van der Waals surface area (Å²) < 4.78 is 5.43. The van der Waals surface area contributed by atoms with Gasteiger partial charge in [-0.1, -0.05) is 193 Å². The van der Waals surface area contributed by atoms with Crippen LogP contribution in [0.1, 0.15) is 245 Å². The van der Waals surface area contributed by atoms with Gasteiger partial charge in [0.25, 0.3) is 0 Å². The average molecular weight is 736 g/mol. The number of nitrogens with one attached hydrogen (secondary N) is 1. The van der Waals surface area contributed by atoms with Crippen molar-refractivity contribution in [2.45, 2.75) is 257 Å². The Kier molecular flexibility index (Phi) is 41.2. The number of unbranched alkanes of at least 4 members (excludes halogenated alkanes) is 29. The summed E-state index contributed by atoms with van der Waals surface area (Å²) >= 11 is 0. The fourth-order valence-corrected chi connectivity index (χ4v) is 6.98. The van der Waals surface area contributed by atoms with Crippen molar-refractivity contribution in [2.24, 2.45) is 0 Å². The maximum atomic E-state index is 12.4. The Labute approximate surface area is 323 Å². The molecular formula is C46H89NO5. The quantitative estimate of drug-likeness (QED) is 0.0329. The summed E-state index contributed by atoms with van der Waals surface area (Å²) in [5, 5.41) is 23.1. The van der Waals surface area contributed by atoms with Crippen molar-refractivity contribution in [3.63, 3.8) is 0 Å². The molecule has 0 saturated heterocycles. The van der Waals surface area contributed by atoms with Gasteiger partial charge in [-0.05, 0) is 51.4 Å². The smallest absolute Gasteiger partial charge is 0.305 e. The van der Waals surface area contributed by atoms with Gasteiger partial charge < -0.3 is 20.3 Å². The van der Waals surface area contributed by atoms with Crippen LogP contribution in [0.4, 0.5) is 0 Å². The number of aliphatic hydroxyl groups is 2. The molecule has 2 atom stereocenters. The lowest BCUT2D eigenvalue weighted by Crippen LogP contribution is -2.45. The predicted molar refractivity (Wildman–Crippen MR) is 223 cm³/mol. The number of allylic oxidation sites excluding steroid dienone is 2. The highest BCUT2D eigenvalue weighted by molar-refractivity contribution is 5.76. The number of ether oxygens (including phenoxy) is 1. The van der Waals surface area contributed by atoms with Gasteiger partial charge in [0, 0.05) is 12.8 Å². The van der Waals surface area contributed by atoms with Crippen molar-refractivity contribution in [3.8, 4) is 0 Å². The lowest BCUT2D eigenvalue weighted by Gasteiger charge is -2.22. The van der Waals surface area contributed by atoms with E-state index in [4.69, 9.17) is 4.74 Å². The first-order chi connectivity index (χ1) is 25.5. The molecule has 1 amide bonds. The molecule has 0 aromatic rings. The molecule has 0 aromatic carbocycles. The monoisotopic (exact) mass is 736 g/mol. The van der Waals surface area contributed by atoms with Crippen LogP contribution in [0.25, 0.3) is 0 Å². The molecule has 0 aliphatic carbocycles. The Morgan fingerprint density at radius 1 is 0.519 bits per heavy atom. The summed E-state index contributed by atoms with van der Waals surface area (Å²) in [6.45, 7) is 4.87. The van der Waals surface area contributed by atoms with Crippen molar-refractivity contribution in [1.29, 1.82) is 0 Å². The van der Waals surface area contributed by atoms with E-state index >= 15 is 0 Å². The van der Waals surface area contributed by atoms with Crippen LogP contribution in [0.2, 0.25) is 0 Å². The molecule has 6 heteroatoms. The number of carbonyl (C=O) groups is 2. The first-order valence-electron chi connectivity index (χ1n) is 22.9. The van der Waals surface area contributed by atoms with Gasteiger partial charge in [0.1, 0.15) is 0 Å². The molecule has 6 nitrogen and oxygen atoms in total. The van der Waals surface area contributed by atoms with Gasteiger partial charge in [0.05, 0.1) is 25.4 Å². The third-order valence-electron chi connectivity index (χ3n) is 10.6. The van der Waals surface area contributed by atoms with E-state index in [2.05, 4.69) is 31.3 Å². The Morgan fingerprint density at radius 3 is 1.38 bits per heavy atom. The number of hydrogen-bond acceptors (Lipinski definition) is 5. The van der Waals surface area contributed by atoms with Crippen LogP contribution in [0, 0.1) is 0 Å². The van der Waals surface area contributed by atoms with Gasteiger partial charge in [-0.3, -0.25) is 9.59 Å². The number of amides is 1. The van der Waals surface area contributed by atoms with Gasteiger partial charge in [-0.15, -0.1) is 0 Å². The van der Waals surface area contributed by atoms with E-state index in [1.165, 1.54) is 154 Å². The van der Waals surface area contributed by atoms with E-state index in [1.54, 1.807) is 0 Å². The molecule has 0 aliphatic heterocycles. The molecular weight excluding hydrogens is 647 g/mol. The first kappa shape index (κ1) is 50.6. The maximum absolute atomic E-state index is 12.4. The second kappa shape index (κ2) is 42.3. The van der Waals surface area contributed by atoms with Crippen molar-refractivity contribution < 1.29 is 24.5 Å². The highest BCUT2D eigenvalue weighted by Gasteiger charge is 2.20.